The van der Waals surface area contributed by atoms with E-state index in [1.54, 1.807) is 30.5 Å². The van der Waals surface area contributed by atoms with E-state index in [1.165, 1.54) is 11.8 Å². The van der Waals surface area contributed by atoms with Crippen LogP contribution in [0.4, 0.5) is 5.69 Å². The molecule has 130 valence electrons. The van der Waals surface area contributed by atoms with Crippen molar-refractivity contribution in [3.05, 3.63) is 47.7 Å². The minimum Gasteiger partial charge on any atom is -0.461 e. The highest BCUT2D eigenvalue weighted by Gasteiger charge is 2.16. The molecular weight excluding hydrogens is 360 g/mol. The molecule has 2 aromatic heterocycles. The molecule has 0 aliphatic rings. The van der Waals surface area contributed by atoms with Crippen LogP contribution in [0.25, 0.3) is 11.6 Å². The van der Waals surface area contributed by atoms with E-state index in [2.05, 4.69) is 22.4 Å². The van der Waals surface area contributed by atoms with Crippen LogP contribution in [0.15, 0.2) is 52.2 Å². The predicted molar refractivity (Wildman–Crippen MR) is 98.8 cm³/mol. The number of hydrogen-bond acceptors (Lipinski definition) is 5. The lowest BCUT2D eigenvalue weighted by Gasteiger charge is -2.08. The summed E-state index contributed by atoms with van der Waals surface area (Å²) in [5, 5.41) is 12.5. The van der Waals surface area contributed by atoms with Crippen LogP contribution in [0.2, 0.25) is 5.02 Å². The molecule has 1 amide bonds. The Bertz CT molecular complexity index is 848. The standard InChI is InChI=1S/C17H17ClN4O2S/c1-2-8-22-16(14-7-4-9-24-14)20-21-17(22)25-11-15(23)19-13-6-3-5-12(18)10-13/h3-7,9-10H,2,8,11H2,1H3,(H,19,23). The van der Waals surface area contributed by atoms with Gasteiger partial charge in [0.25, 0.3) is 0 Å². The van der Waals surface area contributed by atoms with Gasteiger partial charge in [-0.25, -0.2) is 0 Å². The smallest absolute Gasteiger partial charge is 0.234 e. The largest absolute Gasteiger partial charge is 0.461 e. The van der Waals surface area contributed by atoms with E-state index in [4.69, 9.17) is 16.0 Å². The number of aromatic nitrogens is 3. The molecule has 25 heavy (non-hydrogen) atoms. The molecule has 0 spiro atoms. The van der Waals surface area contributed by atoms with Crippen LogP contribution in [0, 0.1) is 0 Å². The topological polar surface area (TPSA) is 73.0 Å². The minimum atomic E-state index is -0.127. The van der Waals surface area contributed by atoms with E-state index in [1.807, 2.05) is 16.7 Å². The van der Waals surface area contributed by atoms with Crippen LogP contribution in [0.1, 0.15) is 13.3 Å². The first-order valence-electron chi connectivity index (χ1n) is 7.82. The summed E-state index contributed by atoms with van der Waals surface area (Å²) >= 11 is 7.26. The molecule has 2 heterocycles. The molecule has 0 radical (unpaired) electrons. The monoisotopic (exact) mass is 376 g/mol. The van der Waals surface area contributed by atoms with Crippen molar-refractivity contribution in [2.45, 2.75) is 25.0 Å². The molecular formula is C17H17ClN4O2S. The molecule has 1 N–H and O–H groups in total. The van der Waals surface area contributed by atoms with Gasteiger partial charge < -0.3 is 9.73 Å². The first-order valence-corrected chi connectivity index (χ1v) is 9.19. The number of nitrogens with zero attached hydrogens (tertiary/aromatic N) is 3. The summed E-state index contributed by atoms with van der Waals surface area (Å²) in [5.74, 6) is 1.44. The van der Waals surface area contributed by atoms with Gasteiger partial charge >= 0.3 is 0 Å². The van der Waals surface area contributed by atoms with Gasteiger partial charge in [-0.15, -0.1) is 10.2 Å². The fraction of sp³-hybridized carbons (Fsp3) is 0.235. The van der Waals surface area contributed by atoms with Crippen molar-refractivity contribution in [1.29, 1.82) is 0 Å². The number of thioether (sulfide) groups is 1. The van der Waals surface area contributed by atoms with E-state index in [9.17, 15) is 4.79 Å². The van der Waals surface area contributed by atoms with Gasteiger partial charge in [0.1, 0.15) is 0 Å². The number of rotatable bonds is 7. The molecule has 8 heteroatoms. The van der Waals surface area contributed by atoms with Gasteiger partial charge in [0.05, 0.1) is 12.0 Å². The Balaban J connectivity index is 1.67. The van der Waals surface area contributed by atoms with Gasteiger partial charge in [0.15, 0.2) is 16.7 Å². The summed E-state index contributed by atoms with van der Waals surface area (Å²) in [7, 11) is 0. The zero-order chi connectivity index (χ0) is 17.6. The highest BCUT2D eigenvalue weighted by atomic mass is 35.5. The lowest BCUT2D eigenvalue weighted by molar-refractivity contribution is -0.113. The summed E-state index contributed by atoms with van der Waals surface area (Å²) in [5.41, 5.74) is 0.671. The van der Waals surface area contributed by atoms with E-state index < -0.39 is 0 Å². The SMILES string of the molecule is CCCn1c(SCC(=O)Nc2cccc(Cl)c2)nnc1-c1ccco1. The maximum atomic E-state index is 12.2. The van der Waals surface area contributed by atoms with E-state index in [0.717, 1.165) is 13.0 Å². The van der Waals surface area contributed by atoms with Crippen molar-refractivity contribution in [2.75, 3.05) is 11.1 Å². The van der Waals surface area contributed by atoms with Crippen molar-refractivity contribution < 1.29 is 9.21 Å². The molecule has 1 aromatic carbocycles. The fourth-order valence-corrected chi connectivity index (χ4v) is 3.26. The number of halogens is 1. The molecule has 3 rings (SSSR count). The third-order valence-electron chi connectivity index (χ3n) is 3.35. The second kappa shape index (κ2) is 8.22. The molecule has 3 aromatic rings. The first kappa shape index (κ1) is 17.6. The number of carbonyl (C=O) groups is 1. The molecule has 0 fully saturated rings. The van der Waals surface area contributed by atoms with Gasteiger partial charge in [0.2, 0.25) is 5.91 Å². The van der Waals surface area contributed by atoms with Crippen LogP contribution in [-0.2, 0) is 11.3 Å². The van der Waals surface area contributed by atoms with Crippen molar-refractivity contribution in [3.63, 3.8) is 0 Å². The Kier molecular flexibility index (Phi) is 5.78. The average molecular weight is 377 g/mol. The summed E-state index contributed by atoms with van der Waals surface area (Å²) < 4.78 is 7.38. The fourth-order valence-electron chi connectivity index (χ4n) is 2.30. The molecule has 0 atom stereocenters. The first-order chi connectivity index (χ1) is 12.2. The number of carbonyl (C=O) groups excluding carboxylic acids is 1. The summed E-state index contributed by atoms with van der Waals surface area (Å²) in [6, 6.07) is 10.7. The highest BCUT2D eigenvalue weighted by Crippen LogP contribution is 2.25. The van der Waals surface area contributed by atoms with E-state index >= 15 is 0 Å². The lowest BCUT2D eigenvalue weighted by Crippen LogP contribution is -2.14. The summed E-state index contributed by atoms with van der Waals surface area (Å²) in [4.78, 5) is 12.2. The maximum absolute atomic E-state index is 12.2. The van der Waals surface area contributed by atoms with Crippen LogP contribution >= 0.6 is 23.4 Å². The van der Waals surface area contributed by atoms with Crippen molar-refractivity contribution in [3.8, 4) is 11.6 Å². The van der Waals surface area contributed by atoms with Crippen LogP contribution in [0.5, 0.6) is 0 Å². The summed E-state index contributed by atoms with van der Waals surface area (Å²) in [6.07, 6.45) is 2.53. The van der Waals surface area contributed by atoms with Gasteiger partial charge in [-0.1, -0.05) is 36.4 Å². The van der Waals surface area contributed by atoms with Crippen molar-refractivity contribution in [2.24, 2.45) is 0 Å². The predicted octanol–water partition coefficient (Wildman–Crippen LogP) is 4.33. The molecule has 0 unspecified atom stereocenters. The van der Waals surface area contributed by atoms with Crippen molar-refractivity contribution >= 4 is 35.0 Å². The number of anilines is 1. The second-order valence-electron chi connectivity index (χ2n) is 5.28. The third-order valence-corrected chi connectivity index (χ3v) is 4.55. The number of hydrogen-bond donors (Lipinski definition) is 1. The molecule has 0 saturated carbocycles. The summed E-state index contributed by atoms with van der Waals surface area (Å²) in [6.45, 7) is 2.83. The number of amides is 1. The number of nitrogens with one attached hydrogen (secondary N) is 1. The Morgan fingerprint density at radius 1 is 1.32 bits per heavy atom. The van der Waals surface area contributed by atoms with Gasteiger partial charge in [-0.2, -0.15) is 0 Å². The van der Waals surface area contributed by atoms with Crippen LogP contribution < -0.4 is 5.32 Å². The molecule has 0 bridgehead atoms. The van der Waals surface area contributed by atoms with Crippen LogP contribution in [0.3, 0.4) is 0 Å². The van der Waals surface area contributed by atoms with Gasteiger partial charge in [-0.05, 0) is 36.8 Å². The second-order valence-corrected chi connectivity index (χ2v) is 6.66. The van der Waals surface area contributed by atoms with E-state index in [0.29, 0.717) is 27.5 Å². The zero-order valence-electron chi connectivity index (χ0n) is 13.6. The Morgan fingerprint density at radius 3 is 2.92 bits per heavy atom. The quantitative estimate of drug-likeness (QED) is 0.621. The molecule has 0 aliphatic carbocycles. The van der Waals surface area contributed by atoms with Crippen molar-refractivity contribution in [1.82, 2.24) is 14.8 Å². The Hall–Kier alpha value is -2.25. The lowest BCUT2D eigenvalue weighted by atomic mass is 10.3. The van der Waals surface area contributed by atoms with Crippen LogP contribution in [-0.4, -0.2) is 26.4 Å². The Labute approximate surface area is 154 Å². The molecule has 0 aliphatic heterocycles. The maximum Gasteiger partial charge on any atom is 0.234 e. The van der Waals surface area contributed by atoms with E-state index in [-0.39, 0.29) is 11.7 Å². The van der Waals surface area contributed by atoms with Gasteiger partial charge in [0, 0.05) is 17.3 Å². The van der Waals surface area contributed by atoms with Gasteiger partial charge in [-0.3, -0.25) is 9.36 Å². The Morgan fingerprint density at radius 2 is 2.20 bits per heavy atom. The third kappa shape index (κ3) is 4.43. The minimum absolute atomic E-state index is 0.127. The molecule has 6 nitrogen and oxygen atoms in total. The number of furan rings is 1. The normalized spacial score (nSPS) is 10.8. The molecule has 0 saturated heterocycles. The zero-order valence-corrected chi connectivity index (χ0v) is 15.2. The number of benzene rings is 1. The highest BCUT2D eigenvalue weighted by molar-refractivity contribution is 7.99. The average Bonchev–Trinajstić information content (AvgIpc) is 3.23.